The molecule has 1 rings (SSSR count). The molecular weight excluding hydrogens is 264 g/mol. The van der Waals surface area contributed by atoms with Crippen molar-refractivity contribution in [2.24, 2.45) is 5.92 Å². The highest BCUT2D eigenvalue weighted by atomic mass is 28.3. The molecule has 20 heavy (non-hydrogen) atoms. The molecule has 0 aromatic carbocycles. The molecule has 0 bridgehead atoms. The first kappa shape index (κ1) is 17.7. The van der Waals surface area contributed by atoms with Crippen molar-refractivity contribution >= 4 is 8.07 Å². The van der Waals surface area contributed by atoms with E-state index in [9.17, 15) is 5.11 Å². The van der Waals surface area contributed by atoms with E-state index < -0.39 is 14.4 Å². The predicted molar refractivity (Wildman–Crippen MR) is 88.1 cm³/mol. The molecule has 0 aromatic heterocycles. The Kier molecular flexibility index (Phi) is 6.31. The summed E-state index contributed by atoms with van der Waals surface area (Å²) < 4.78 is 5.64. The van der Waals surface area contributed by atoms with Gasteiger partial charge in [-0.15, -0.1) is 5.54 Å². The number of hydrogen-bond donors (Lipinski definition) is 1. The lowest BCUT2D eigenvalue weighted by Gasteiger charge is -2.38. The van der Waals surface area contributed by atoms with Crippen molar-refractivity contribution in [3.05, 3.63) is 0 Å². The van der Waals surface area contributed by atoms with Crippen LogP contribution in [0.15, 0.2) is 0 Å². The van der Waals surface area contributed by atoms with Gasteiger partial charge in [0, 0.05) is 0 Å². The van der Waals surface area contributed by atoms with Gasteiger partial charge in [-0.3, -0.25) is 0 Å². The van der Waals surface area contributed by atoms with Crippen LogP contribution in [0, 0.1) is 17.4 Å². The minimum atomic E-state index is -1.69. The second-order valence-electron chi connectivity index (χ2n) is 7.23. The molecule has 2 nitrogen and oxygen atoms in total. The predicted octanol–water partition coefficient (Wildman–Crippen LogP) is 4.34. The van der Waals surface area contributed by atoms with Crippen molar-refractivity contribution in [2.45, 2.75) is 90.3 Å². The Balaban J connectivity index is 3.04. The van der Waals surface area contributed by atoms with Crippen LogP contribution in [0.25, 0.3) is 0 Å². The van der Waals surface area contributed by atoms with Gasteiger partial charge in [0.2, 0.25) is 0 Å². The monoisotopic (exact) mass is 296 g/mol. The third-order valence-electron chi connectivity index (χ3n) is 4.99. The standard InChI is InChI=1S/C17H32O2Si/c1-12(2)20(13(3)4,14(5)6)11-10-16-15(7)8-9-17(18)19-16/h12-18H,8-9H2,1-7H3/t15-,16?,17?/m0/s1. The number of aliphatic hydroxyl groups is 1. The Morgan fingerprint density at radius 3 is 1.95 bits per heavy atom. The van der Waals surface area contributed by atoms with E-state index in [1.54, 1.807) is 0 Å². The van der Waals surface area contributed by atoms with E-state index in [0.29, 0.717) is 22.5 Å². The maximum Gasteiger partial charge on any atom is 0.156 e. The molecule has 0 saturated carbocycles. The summed E-state index contributed by atoms with van der Waals surface area (Å²) >= 11 is 0. The minimum Gasteiger partial charge on any atom is -0.368 e. The summed E-state index contributed by atoms with van der Waals surface area (Å²) in [6, 6.07) is 0. The fourth-order valence-electron chi connectivity index (χ4n) is 3.73. The highest BCUT2D eigenvalue weighted by molar-refractivity contribution is 6.90. The molecule has 0 aromatic rings. The lowest BCUT2D eigenvalue weighted by atomic mass is 9.96. The van der Waals surface area contributed by atoms with Crippen molar-refractivity contribution in [3.63, 3.8) is 0 Å². The molecular formula is C17H32O2Si. The quantitative estimate of drug-likeness (QED) is 0.620. The molecule has 116 valence electrons. The van der Waals surface area contributed by atoms with Crippen LogP contribution in [0.3, 0.4) is 0 Å². The van der Waals surface area contributed by atoms with E-state index in [1.807, 2.05) is 0 Å². The summed E-state index contributed by atoms with van der Waals surface area (Å²) in [4.78, 5) is 0. The summed E-state index contributed by atoms with van der Waals surface area (Å²) in [6.45, 7) is 16.1. The first-order valence-corrected chi connectivity index (χ1v) is 10.3. The van der Waals surface area contributed by atoms with Crippen LogP contribution in [0.2, 0.25) is 16.6 Å². The Labute approximate surface area is 126 Å². The third kappa shape index (κ3) is 3.66. The maximum atomic E-state index is 9.68. The van der Waals surface area contributed by atoms with Crippen LogP contribution in [0.1, 0.15) is 61.3 Å². The van der Waals surface area contributed by atoms with Gasteiger partial charge in [0.1, 0.15) is 14.2 Å². The Bertz CT molecular complexity index is 343. The Hall–Kier alpha value is -0.303. The zero-order valence-corrected chi connectivity index (χ0v) is 15.2. The fraction of sp³-hybridized carbons (Fsp3) is 0.882. The van der Waals surface area contributed by atoms with Crippen LogP contribution in [-0.4, -0.2) is 25.6 Å². The average Bonchev–Trinajstić information content (AvgIpc) is 2.32. The highest BCUT2D eigenvalue weighted by Gasteiger charge is 2.42. The van der Waals surface area contributed by atoms with E-state index in [2.05, 4.69) is 59.9 Å². The van der Waals surface area contributed by atoms with E-state index in [-0.39, 0.29) is 6.10 Å². The molecule has 0 radical (unpaired) electrons. The van der Waals surface area contributed by atoms with Gasteiger partial charge in [-0.2, -0.15) is 0 Å². The molecule has 3 heteroatoms. The van der Waals surface area contributed by atoms with Gasteiger partial charge in [0.25, 0.3) is 0 Å². The van der Waals surface area contributed by atoms with Crippen LogP contribution >= 0.6 is 0 Å². The van der Waals surface area contributed by atoms with E-state index in [4.69, 9.17) is 4.74 Å². The summed E-state index contributed by atoms with van der Waals surface area (Å²) in [6.07, 6.45) is 1.01. The first-order chi connectivity index (χ1) is 9.21. The van der Waals surface area contributed by atoms with Gasteiger partial charge in [-0.25, -0.2) is 0 Å². The number of rotatable bonds is 3. The molecule has 1 aliphatic rings. The lowest BCUT2D eigenvalue weighted by molar-refractivity contribution is -0.161. The van der Waals surface area contributed by atoms with Crippen LogP contribution in [0.4, 0.5) is 0 Å². The molecule has 3 atom stereocenters. The van der Waals surface area contributed by atoms with Crippen molar-refractivity contribution in [3.8, 4) is 11.5 Å². The number of aliphatic hydroxyl groups excluding tert-OH is 1. The lowest BCUT2D eigenvalue weighted by Crippen LogP contribution is -2.44. The van der Waals surface area contributed by atoms with E-state index in [0.717, 1.165) is 12.8 Å². The van der Waals surface area contributed by atoms with Crippen molar-refractivity contribution < 1.29 is 9.84 Å². The molecule has 0 aliphatic carbocycles. The van der Waals surface area contributed by atoms with Gasteiger partial charge in [0.15, 0.2) is 6.29 Å². The smallest absolute Gasteiger partial charge is 0.156 e. The van der Waals surface area contributed by atoms with Crippen LogP contribution in [-0.2, 0) is 4.74 Å². The molecule has 2 unspecified atom stereocenters. The fourth-order valence-corrected chi connectivity index (χ4v) is 8.99. The van der Waals surface area contributed by atoms with Gasteiger partial charge >= 0.3 is 0 Å². The zero-order chi connectivity index (χ0) is 15.5. The van der Waals surface area contributed by atoms with Crippen molar-refractivity contribution in [1.82, 2.24) is 0 Å². The molecule has 1 N–H and O–H groups in total. The topological polar surface area (TPSA) is 29.5 Å². The second-order valence-corrected chi connectivity index (χ2v) is 12.8. The molecule has 0 spiro atoms. The minimum absolute atomic E-state index is 0.0955. The van der Waals surface area contributed by atoms with Gasteiger partial charge in [-0.1, -0.05) is 54.4 Å². The van der Waals surface area contributed by atoms with E-state index >= 15 is 0 Å². The summed E-state index contributed by atoms with van der Waals surface area (Å²) in [5.74, 6) is 3.84. The summed E-state index contributed by atoms with van der Waals surface area (Å²) in [7, 11) is -1.69. The average molecular weight is 297 g/mol. The molecule has 1 fully saturated rings. The van der Waals surface area contributed by atoms with Crippen LogP contribution in [0.5, 0.6) is 0 Å². The number of ether oxygens (including phenoxy) is 1. The zero-order valence-electron chi connectivity index (χ0n) is 14.2. The highest BCUT2D eigenvalue weighted by Crippen LogP contribution is 2.40. The Morgan fingerprint density at radius 2 is 1.50 bits per heavy atom. The Morgan fingerprint density at radius 1 is 1.00 bits per heavy atom. The summed E-state index contributed by atoms with van der Waals surface area (Å²) in [5.41, 5.74) is 5.62. The summed E-state index contributed by atoms with van der Waals surface area (Å²) in [5, 5.41) is 9.68. The van der Waals surface area contributed by atoms with Crippen molar-refractivity contribution in [2.75, 3.05) is 0 Å². The molecule has 1 heterocycles. The normalized spacial score (nSPS) is 27.9. The molecule has 1 aliphatic heterocycles. The SMILES string of the molecule is CC(C)[Si](C#CC1OC(O)CC[C@@H]1C)(C(C)C)C(C)C. The van der Waals surface area contributed by atoms with Gasteiger partial charge in [-0.05, 0) is 35.4 Å². The molecule has 0 amide bonds. The number of hydrogen-bond acceptors (Lipinski definition) is 2. The maximum absolute atomic E-state index is 9.68. The first-order valence-electron chi connectivity index (χ1n) is 8.08. The largest absolute Gasteiger partial charge is 0.368 e. The van der Waals surface area contributed by atoms with Gasteiger partial charge in [0.05, 0.1) is 0 Å². The van der Waals surface area contributed by atoms with Crippen molar-refractivity contribution in [1.29, 1.82) is 0 Å². The third-order valence-corrected chi connectivity index (χ3v) is 11.3. The molecule has 1 saturated heterocycles. The van der Waals surface area contributed by atoms with Gasteiger partial charge < -0.3 is 9.84 Å². The second kappa shape index (κ2) is 7.11. The van der Waals surface area contributed by atoms with Crippen LogP contribution < -0.4 is 0 Å². The van der Waals surface area contributed by atoms with E-state index in [1.165, 1.54) is 0 Å².